The molecule has 3 rings (SSSR count). The molecular weight excluding hydrogens is 296 g/mol. The van der Waals surface area contributed by atoms with Crippen LogP contribution < -0.4 is 14.8 Å². The minimum absolute atomic E-state index is 0.174. The smallest absolute Gasteiger partial charge is 0.321 e. The van der Waals surface area contributed by atoms with E-state index in [2.05, 4.69) is 20.3 Å². The van der Waals surface area contributed by atoms with Crippen molar-refractivity contribution >= 4 is 5.82 Å². The van der Waals surface area contributed by atoms with Gasteiger partial charge in [-0.25, -0.2) is 0 Å². The number of anilines is 1. The number of methoxy groups -OCH3 is 2. The molecule has 1 aliphatic rings. The molecule has 2 aromatic heterocycles. The summed E-state index contributed by atoms with van der Waals surface area (Å²) in [6.07, 6.45) is 4.56. The topological polar surface area (TPSA) is 78.4 Å². The van der Waals surface area contributed by atoms with Gasteiger partial charge in [0.1, 0.15) is 5.82 Å². The number of nitrogens with one attached hydrogen (secondary N) is 1. The molecule has 3 heterocycles. The van der Waals surface area contributed by atoms with Crippen molar-refractivity contribution in [3.05, 3.63) is 36.2 Å². The van der Waals surface area contributed by atoms with Crippen molar-refractivity contribution in [1.29, 1.82) is 0 Å². The quantitative estimate of drug-likeness (QED) is 0.866. The first-order valence-electron chi connectivity index (χ1n) is 7.48. The van der Waals surface area contributed by atoms with Gasteiger partial charge >= 0.3 is 6.01 Å². The number of ether oxygens (including phenoxy) is 3. The molecule has 23 heavy (non-hydrogen) atoms. The van der Waals surface area contributed by atoms with Crippen LogP contribution in [-0.4, -0.2) is 48.4 Å². The molecule has 0 saturated carbocycles. The molecule has 0 aliphatic carbocycles. The van der Waals surface area contributed by atoms with Gasteiger partial charge in [0.15, 0.2) is 0 Å². The molecular formula is C16H20N4O3. The molecule has 0 aromatic carbocycles. The Morgan fingerprint density at radius 1 is 1.17 bits per heavy atom. The highest BCUT2D eigenvalue weighted by molar-refractivity contribution is 5.41. The largest absolute Gasteiger partial charge is 0.481 e. The summed E-state index contributed by atoms with van der Waals surface area (Å²) in [5, 5.41) is 3.41. The van der Waals surface area contributed by atoms with Crippen molar-refractivity contribution in [2.24, 2.45) is 5.92 Å². The van der Waals surface area contributed by atoms with Gasteiger partial charge < -0.3 is 19.5 Å². The fourth-order valence-electron chi connectivity index (χ4n) is 2.64. The summed E-state index contributed by atoms with van der Waals surface area (Å²) in [7, 11) is 3.10. The van der Waals surface area contributed by atoms with Crippen LogP contribution in [0.1, 0.15) is 5.56 Å². The lowest BCUT2D eigenvalue weighted by molar-refractivity contribution is 0.185. The lowest BCUT2D eigenvalue weighted by Crippen LogP contribution is -2.29. The minimum atomic E-state index is 0.174. The Balaban J connectivity index is 1.71. The van der Waals surface area contributed by atoms with Crippen molar-refractivity contribution in [3.63, 3.8) is 0 Å². The van der Waals surface area contributed by atoms with Gasteiger partial charge in [-0.15, -0.1) is 0 Å². The molecule has 1 N–H and O–H groups in total. The van der Waals surface area contributed by atoms with Crippen LogP contribution in [-0.2, 0) is 11.2 Å². The third-order valence-electron chi connectivity index (χ3n) is 3.85. The van der Waals surface area contributed by atoms with Crippen LogP contribution in [0.5, 0.6) is 11.9 Å². The highest BCUT2D eigenvalue weighted by Gasteiger charge is 2.29. The second-order valence-electron chi connectivity index (χ2n) is 5.39. The van der Waals surface area contributed by atoms with Gasteiger partial charge in [-0.2, -0.15) is 9.97 Å². The van der Waals surface area contributed by atoms with Crippen LogP contribution in [0.3, 0.4) is 0 Å². The molecule has 0 unspecified atom stereocenters. The lowest BCUT2D eigenvalue weighted by atomic mass is 9.95. The number of pyridine rings is 1. The van der Waals surface area contributed by atoms with Crippen molar-refractivity contribution < 1.29 is 14.2 Å². The molecule has 0 amide bonds. The molecule has 122 valence electrons. The van der Waals surface area contributed by atoms with Crippen LogP contribution in [0.2, 0.25) is 0 Å². The van der Waals surface area contributed by atoms with Crippen molar-refractivity contribution in [2.75, 3.05) is 32.8 Å². The third-order valence-corrected chi connectivity index (χ3v) is 3.85. The maximum absolute atomic E-state index is 5.64. The molecule has 2 aromatic rings. The zero-order chi connectivity index (χ0) is 16.1. The predicted octanol–water partition coefficient (Wildman–Crippen LogP) is 1.56. The van der Waals surface area contributed by atoms with E-state index in [9.17, 15) is 0 Å². The molecule has 7 nitrogen and oxygen atoms in total. The van der Waals surface area contributed by atoms with Crippen LogP contribution in [0.15, 0.2) is 30.6 Å². The maximum atomic E-state index is 5.64. The van der Waals surface area contributed by atoms with Crippen molar-refractivity contribution in [3.8, 4) is 11.9 Å². The average Bonchev–Trinajstić information content (AvgIpc) is 3.02. The minimum Gasteiger partial charge on any atom is -0.481 e. The second-order valence-corrected chi connectivity index (χ2v) is 5.39. The SMILES string of the molecule is COc1cc(N[C@H]2COC[C@H]2Cc2ccncc2)nc(OC)n1. The summed E-state index contributed by atoms with van der Waals surface area (Å²) in [6, 6.07) is 6.27. The van der Waals surface area contributed by atoms with Gasteiger partial charge in [0.05, 0.1) is 33.5 Å². The fraction of sp³-hybridized carbons (Fsp3) is 0.438. The van der Waals surface area contributed by atoms with E-state index in [1.807, 2.05) is 24.5 Å². The standard InChI is InChI=1S/C16H20N4O3/c1-21-15-8-14(19-16(20-15)22-2)18-13-10-23-9-12(13)7-11-3-5-17-6-4-11/h3-6,8,12-13H,7,9-10H2,1-2H3,(H,18,19,20)/t12-,13+/m1/s1. The van der Waals surface area contributed by atoms with E-state index in [1.165, 1.54) is 12.7 Å². The van der Waals surface area contributed by atoms with E-state index < -0.39 is 0 Å². The monoisotopic (exact) mass is 316 g/mol. The summed E-state index contributed by atoms with van der Waals surface area (Å²) < 4.78 is 15.9. The van der Waals surface area contributed by atoms with Gasteiger partial charge in [-0.1, -0.05) is 0 Å². The first-order chi connectivity index (χ1) is 11.3. The van der Waals surface area contributed by atoms with Crippen LogP contribution in [0.4, 0.5) is 5.82 Å². The zero-order valence-electron chi connectivity index (χ0n) is 13.2. The Hall–Kier alpha value is -2.41. The van der Waals surface area contributed by atoms with Gasteiger partial charge in [-0.05, 0) is 24.1 Å². The predicted molar refractivity (Wildman–Crippen MR) is 84.8 cm³/mol. The highest BCUT2D eigenvalue weighted by atomic mass is 16.5. The van der Waals surface area contributed by atoms with Crippen LogP contribution in [0.25, 0.3) is 0 Å². The molecule has 0 spiro atoms. The summed E-state index contributed by atoms with van der Waals surface area (Å²) >= 11 is 0. The average molecular weight is 316 g/mol. The van der Waals surface area contributed by atoms with Gasteiger partial charge in [-0.3, -0.25) is 4.98 Å². The number of nitrogens with zero attached hydrogens (tertiary/aromatic N) is 3. The summed E-state index contributed by atoms with van der Waals surface area (Å²) in [4.78, 5) is 12.5. The highest BCUT2D eigenvalue weighted by Crippen LogP contribution is 2.24. The number of hydrogen-bond acceptors (Lipinski definition) is 7. The van der Waals surface area contributed by atoms with E-state index in [4.69, 9.17) is 14.2 Å². The van der Waals surface area contributed by atoms with Gasteiger partial charge in [0, 0.05) is 24.4 Å². The first kappa shape index (κ1) is 15.5. The normalized spacial score (nSPS) is 20.3. The summed E-state index contributed by atoms with van der Waals surface area (Å²) in [6.45, 7) is 1.36. The van der Waals surface area contributed by atoms with Crippen molar-refractivity contribution in [1.82, 2.24) is 15.0 Å². The Labute approximate surface area is 135 Å². The molecule has 1 saturated heterocycles. The fourth-order valence-corrected chi connectivity index (χ4v) is 2.64. The molecule has 2 atom stereocenters. The summed E-state index contributed by atoms with van der Waals surface area (Å²) in [5.74, 6) is 1.50. The number of rotatable bonds is 6. The molecule has 1 fully saturated rings. The third kappa shape index (κ3) is 3.87. The Morgan fingerprint density at radius 2 is 2.00 bits per heavy atom. The van der Waals surface area contributed by atoms with Crippen LogP contribution in [0, 0.1) is 5.92 Å². The van der Waals surface area contributed by atoms with Gasteiger partial charge in [0.2, 0.25) is 5.88 Å². The van der Waals surface area contributed by atoms with E-state index >= 15 is 0 Å². The van der Waals surface area contributed by atoms with Gasteiger partial charge in [0.25, 0.3) is 0 Å². The van der Waals surface area contributed by atoms with E-state index in [0.29, 0.717) is 24.2 Å². The van der Waals surface area contributed by atoms with E-state index in [0.717, 1.165) is 13.0 Å². The van der Waals surface area contributed by atoms with Crippen molar-refractivity contribution in [2.45, 2.75) is 12.5 Å². The Kier molecular flexibility index (Phi) is 4.87. The zero-order valence-corrected chi connectivity index (χ0v) is 13.2. The first-order valence-corrected chi connectivity index (χ1v) is 7.48. The van der Waals surface area contributed by atoms with E-state index in [1.54, 1.807) is 13.2 Å². The molecule has 7 heteroatoms. The Bertz CT molecular complexity index is 616. The van der Waals surface area contributed by atoms with Crippen LogP contribution >= 0.6 is 0 Å². The number of aromatic nitrogens is 3. The molecule has 0 radical (unpaired) electrons. The molecule has 1 aliphatic heterocycles. The van der Waals surface area contributed by atoms with E-state index in [-0.39, 0.29) is 12.1 Å². The number of hydrogen-bond donors (Lipinski definition) is 1. The maximum Gasteiger partial charge on any atom is 0.321 e. The lowest BCUT2D eigenvalue weighted by Gasteiger charge is -2.20. The second kappa shape index (κ2) is 7.23. The molecule has 0 bridgehead atoms. The summed E-state index contributed by atoms with van der Waals surface area (Å²) in [5.41, 5.74) is 1.25. The Morgan fingerprint density at radius 3 is 2.74 bits per heavy atom.